The summed E-state index contributed by atoms with van der Waals surface area (Å²) in [5, 5.41) is 1.75. The SMILES string of the molecule is Cc1nccc(/C=C/C(=O)N2CCN(c3nc(OCC45CCCN4CCC5)nc4c3CCN(c3cccc5ccc(F)c(Cl)c35)C4)CC2)n1. The number of benzene rings is 2. The van der Waals surface area contributed by atoms with E-state index < -0.39 is 5.82 Å². The van der Waals surface area contributed by atoms with Gasteiger partial charge in [0.1, 0.15) is 24.1 Å². The van der Waals surface area contributed by atoms with Crippen molar-refractivity contribution in [2.45, 2.75) is 51.1 Å². The highest BCUT2D eigenvalue weighted by Gasteiger charge is 2.45. The van der Waals surface area contributed by atoms with Crippen LogP contribution in [-0.2, 0) is 17.8 Å². The minimum atomic E-state index is -0.427. The first-order valence-electron chi connectivity index (χ1n) is 17.3. The monoisotopic (exact) mass is 682 g/mol. The van der Waals surface area contributed by atoms with Crippen LogP contribution in [0.2, 0.25) is 5.02 Å². The maximum Gasteiger partial charge on any atom is 0.318 e. The Hall–Kier alpha value is -4.35. The van der Waals surface area contributed by atoms with Gasteiger partial charge < -0.3 is 19.4 Å². The van der Waals surface area contributed by atoms with E-state index in [9.17, 15) is 9.18 Å². The number of aryl methyl sites for hydroxylation is 1. The van der Waals surface area contributed by atoms with Crippen molar-refractivity contribution < 1.29 is 13.9 Å². The Balaban J connectivity index is 1.06. The van der Waals surface area contributed by atoms with E-state index in [4.69, 9.17) is 26.3 Å². The van der Waals surface area contributed by atoms with Crippen LogP contribution in [0.1, 0.15) is 48.5 Å². The lowest BCUT2D eigenvalue weighted by Gasteiger charge is -2.38. The quantitative estimate of drug-likeness (QED) is 0.236. The van der Waals surface area contributed by atoms with Gasteiger partial charge in [-0.3, -0.25) is 9.69 Å². The second-order valence-corrected chi connectivity index (χ2v) is 13.9. The van der Waals surface area contributed by atoms with Gasteiger partial charge in [0.05, 0.1) is 28.5 Å². The summed E-state index contributed by atoms with van der Waals surface area (Å²) in [7, 11) is 0. The summed E-state index contributed by atoms with van der Waals surface area (Å²) in [5.41, 5.74) is 3.67. The van der Waals surface area contributed by atoms with E-state index in [1.54, 1.807) is 30.5 Å². The van der Waals surface area contributed by atoms with Crippen molar-refractivity contribution in [1.29, 1.82) is 0 Å². The number of ether oxygens (including phenoxy) is 1. The van der Waals surface area contributed by atoms with Crippen molar-refractivity contribution >= 4 is 45.9 Å². The molecule has 3 fully saturated rings. The standard InChI is InChI=1S/C37H40ClFN8O2/c1-25-40-15-11-27(41-25)8-10-32(48)44-19-21-45(22-20-44)35-28-12-18-46(31-6-2-5-26-7-9-29(39)34(38)33(26)31)23-30(28)42-36(43-35)49-24-37-13-3-16-47(37)17-4-14-37/h2,5-11,15H,3-4,12-14,16-24H2,1H3/b10-8+. The van der Waals surface area contributed by atoms with Crippen LogP contribution in [-0.4, -0.2) is 93.6 Å². The molecule has 0 spiro atoms. The summed E-state index contributed by atoms with van der Waals surface area (Å²) < 4.78 is 21.2. The minimum Gasteiger partial charge on any atom is -0.461 e. The first kappa shape index (κ1) is 31.9. The number of hydrogen-bond donors (Lipinski definition) is 0. The van der Waals surface area contributed by atoms with Crippen LogP contribution in [0.4, 0.5) is 15.9 Å². The first-order valence-corrected chi connectivity index (χ1v) is 17.7. The molecule has 49 heavy (non-hydrogen) atoms. The van der Waals surface area contributed by atoms with Crippen LogP contribution < -0.4 is 14.5 Å². The van der Waals surface area contributed by atoms with Crippen molar-refractivity contribution in [2.75, 3.05) is 62.2 Å². The van der Waals surface area contributed by atoms with E-state index in [1.165, 1.54) is 18.9 Å². The fraction of sp³-hybridized carbons (Fsp3) is 0.432. The van der Waals surface area contributed by atoms with Gasteiger partial charge >= 0.3 is 6.01 Å². The lowest BCUT2D eigenvalue weighted by atomic mass is 9.95. The molecule has 254 valence electrons. The molecule has 3 saturated heterocycles. The van der Waals surface area contributed by atoms with E-state index in [1.807, 2.05) is 30.0 Å². The molecule has 0 bridgehead atoms. The summed E-state index contributed by atoms with van der Waals surface area (Å²) in [6.45, 7) is 8.33. The van der Waals surface area contributed by atoms with E-state index in [0.29, 0.717) is 75.2 Å². The summed E-state index contributed by atoms with van der Waals surface area (Å²) in [6, 6.07) is 11.3. The molecule has 4 aromatic rings. The largest absolute Gasteiger partial charge is 0.461 e. The molecule has 0 atom stereocenters. The zero-order chi connectivity index (χ0) is 33.5. The van der Waals surface area contributed by atoms with Crippen molar-refractivity contribution in [2.24, 2.45) is 0 Å². The molecule has 0 aliphatic carbocycles. The van der Waals surface area contributed by atoms with Gasteiger partial charge in [-0.2, -0.15) is 9.97 Å². The molecule has 0 saturated carbocycles. The van der Waals surface area contributed by atoms with Crippen LogP contribution in [0.5, 0.6) is 6.01 Å². The summed E-state index contributed by atoms with van der Waals surface area (Å²) >= 11 is 6.55. The molecule has 10 nitrogen and oxygen atoms in total. The van der Waals surface area contributed by atoms with Crippen LogP contribution >= 0.6 is 11.6 Å². The third-order valence-corrected chi connectivity index (χ3v) is 11.0. The summed E-state index contributed by atoms with van der Waals surface area (Å²) in [5.74, 6) is 1.08. The molecule has 4 aliphatic heterocycles. The topological polar surface area (TPSA) is 90.8 Å². The van der Waals surface area contributed by atoms with Crippen LogP contribution in [0, 0.1) is 12.7 Å². The molecule has 2 aromatic heterocycles. The predicted octanol–water partition coefficient (Wildman–Crippen LogP) is 5.45. The Bertz CT molecular complexity index is 1920. The third-order valence-electron chi connectivity index (χ3n) is 10.6. The Labute approximate surface area is 290 Å². The Morgan fingerprint density at radius 1 is 0.980 bits per heavy atom. The van der Waals surface area contributed by atoms with E-state index in [0.717, 1.165) is 54.1 Å². The average Bonchev–Trinajstić information content (AvgIpc) is 3.71. The minimum absolute atomic E-state index is 0.0394. The highest BCUT2D eigenvalue weighted by Crippen LogP contribution is 2.40. The average molecular weight is 683 g/mol. The number of anilines is 2. The predicted molar refractivity (Wildman–Crippen MR) is 189 cm³/mol. The molecule has 0 radical (unpaired) electrons. The number of carbonyl (C=O) groups is 1. The fourth-order valence-electron chi connectivity index (χ4n) is 8.10. The molecular weight excluding hydrogens is 643 g/mol. The van der Waals surface area contributed by atoms with Crippen molar-refractivity contribution in [3.05, 3.63) is 82.3 Å². The van der Waals surface area contributed by atoms with E-state index in [2.05, 4.69) is 24.7 Å². The molecule has 12 heteroatoms. The number of fused-ring (bicyclic) bond motifs is 3. The molecule has 0 unspecified atom stereocenters. The number of carbonyl (C=O) groups excluding carboxylic acids is 1. The fourth-order valence-corrected chi connectivity index (χ4v) is 8.37. The molecule has 1 amide bonds. The molecule has 2 aromatic carbocycles. The normalized spacial score (nSPS) is 19.1. The Morgan fingerprint density at radius 3 is 2.59 bits per heavy atom. The van der Waals surface area contributed by atoms with Gasteiger partial charge in [-0.1, -0.05) is 29.8 Å². The number of piperazine rings is 1. The van der Waals surface area contributed by atoms with Gasteiger partial charge in [-0.15, -0.1) is 0 Å². The molecule has 0 N–H and O–H groups in total. The van der Waals surface area contributed by atoms with Gasteiger partial charge in [-0.05, 0) is 81.8 Å². The number of halogens is 2. The highest BCUT2D eigenvalue weighted by molar-refractivity contribution is 6.36. The second kappa shape index (κ2) is 13.2. The van der Waals surface area contributed by atoms with Crippen LogP contribution in [0.25, 0.3) is 16.8 Å². The zero-order valence-corrected chi connectivity index (χ0v) is 28.5. The molecule has 8 rings (SSSR count). The first-order chi connectivity index (χ1) is 23.9. The number of nitrogens with zero attached hydrogens (tertiary/aromatic N) is 8. The van der Waals surface area contributed by atoms with Crippen LogP contribution in [0.3, 0.4) is 0 Å². The molecular formula is C37H40ClFN8O2. The van der Waals surface area contributed by atoms with E-state index in [-0.39, 0.29) is 16.5 Å². The number of rotatable bonds is 7. The van der Waals surface area contributed by atoms with Crippen molar-refractivity contribution in [1.82, 2.24) is 29.7 Å². The molecule has 4 aliphatic rings. The molecule has 6 heterocycles. The second-order valence-electron chi connectivity index (χ2n) is 13.5. The van der Waals surface area contributed by atoms with Gasteiger partial charge in [0.15, 0.2) is 0 Å². The zero-order valence-electron chi connectivity index (χ0n) is 27.7. The summed E-state index contributed by atoms with van der Waals surface area (Å²) in [4.78, 5) is 40.6. The highest BCUT2D eigenvalue weighted by atomic mass is 35.5. The maximum atomic E-state index is 14.6. The smallest absolute Gasteiger partial charge is 0.318 e. The lowest BCUT2D eigenvalue weighted by Crippen LogP contribution is -2.49. The van der Waals surface area contributed by atoms with Crippen molar-refractivity contribution in [3.8, 4) is 6.01 Å². The Kier molecular flexibility index (Phi) is 8.57. The van der Waals surface area contributed by atoms with Gasteiger partial charge in [0.2, 0.25) is 5.91 Å². The third kappa shape index (κ3) is 6.18. The summed E-state index contributed by atoms with van der Waals surface area (Å²) in [6.07, 6.45) is 10.4. The van der Waals surface area contributed by atoms with Gasteiger partial charge in [0.25, 0.3) is 0 Å². The van der Waals surface area contributed by atoms with Gasteiger partial charge in [-0.25, -0.2) is 14.4 Å². The number of amides is 1. The van der Waals surface area contributed by atoms with Crippen molar-refractivity contribution in [3.63, 3.8) is 0 Å². The van der Waals surface area contributed by atoms with E-state index >= 15 is 0 Å². The number of hydrogen-bond acceptors (Lipinski definition) is 9. The Morgan fingerprint density at radius 2 is 1.80 bits per heavy atom. The van der Waals surface area contributed by atoms with Gasteiger partial charge in [0, 0.05) is 61.6 Å². The maximum absolute atomic E-state index is 14.6. The number of aromatic nitrogens is 4. The van der Waals surface area contributed by atoms with Crippen LogP contribution in [0.15, 0.2) is 48.7 Å². The lowest BCUT2D eigenvalue weighted by molar-refractivity contribution is -0.126.